The minimum absolute atomic E-state index is 0.0418. The van der Waals surface area contributed by atoms with Gasteiger partial charge in [-0.25, -0.2) is 14.2 Å². The summed E-state index contributed by atoms with van der Waals surface area (Å²) in [6.07, 6.45) is 3.80. The van der Waals surface area contributed by atoms with E-state index in [-0.39, 0.29) is 28.4 Å². The molecule has 6 nitrogen and oxygen atoms in total. The maximum Gasteiger partial charge on any atom is 0.345 e. The molecule has 1 heterocycles. The second-order valence-corrected chi connectivity index (χ2v) is 7.31. The number of hydrogen-bond donors (Lipinski definition) is 3. The zero-order chi connectivity index (χ0) is 19.4. The zero-order valence-corrected chi connectivity index (χ0v) is 15.4. The number of aromatic nitrogens is 2. The van der Waals surface area contributed by atoms with Crippen molar-refractivity contribution >= 4 is 17.5 Å². The molecule has 1 aromatic carbocycles. The highest BCUT2D eigenvalue weighted by molar-refractivity contribution is 6.33. The average Bonchev–Trinajstić information content (AvgIpc) is 2.66. The van der Waals surface area contributed by atoms with E-state index in [1.54, 1.807) is 0 Å². The fraction of sp³-hybridized carbons (Fsp3) is 0.421. The second kappa shape index (κ2) is 8.19. The van der Waals surface area contributed by atoms with E-state index < -0.39 is 23.4 Å². The van der Waals surface area contributed by atoms with E-state index in [1.807, 2.05) is 0 Å². The predicted octanol–water partition coefficient (Wildman–Crippen LogP) is 2.91. The van der Waals surface area contributed by atoms with Crippen molar-refractivity contribution in [3.8, 4) is 0 Å². The summed E-state index contributed by atoms with van der Waals surface area (Å²) in [5, 5.41) is 13.4. The number of benzene rings is 1. The van der Waals surface area contributed by atoms with Gasteiger partial charge in [-0.3, -0.25) is 4.79 Å². The third-order valence-electron chi connectivity index (χ3n) is 4.86. The van der Waals surface area contributed by atoms with Crippen molar-refractivity contribution in [2.75, 3.05) is 6.54 Å². The number of rotatable bonds is 5. The maximum atomic E-state index is 14.7. The van der Waals surface area contributed by atoms with Crippen LogP contribution in [0.15, 0.2) is 35.3 Å². The first kappa shape index (κ1) is 19.5. The van der Waals surface area contributed by atoms with Gasteiger partial charge in [0.15, 0.2) is 6.17 Å². The van der Waals surface area contributed by atoms with Crippen molar-refractivity contribution in [3.63, 3.8) is 0 Å². The Kier molecular flexibility index (Phi) is 5.92. The summed E-state index contributed by atoms with van der Waals surface area (Å²) in [5.41, 5.74) is -1.21. The minimum atomic E-state index is -1.63. The van der Waals surface area contributed by atoms with Crippen LogP contribution in [0.5, 0.6) is 0 Å². The molecule has 144 valence electrons. The lowest BCUT2D eigenvalue weighted by Gasteiger charge is -2.32. The van der Waals surface area contributed by atoms with E-state index in [9.17, 15) is 19.1 Å². The van der Waals surface area contributed by atoms with E-state index in [1.165, 1.54) is 30.5 Å². The molecule has 1 fully saturated rings. The van der Waals surface area contributed by atoms with Crippen LogP contribution in [0.1, 0.15) is 59.9 Å². The number of alkyl halides is 1. The molecule has 8 heteroatoms. The van der Waals surface area contributed by atoms with Gasteiger partial charge in [-0.05, 0) is 36.6 Å². The largest absolute Gasteiger partial charge is 0.388 e. The third-order valence-corrected chi connectivity index (χ3v) is 5.19. The molecule has 1 amide bonds. The number of amides is 1. The molecular formula is C19H21ClFN3O3. The highest BCUT2D eigenvalue weighted by Gasteiger charge is 2.30. The van der Waals surface area contributed by atoms with E-state index >= 15 is 0 Å². The van der Waals surface area contributed by atoms with Crippen LogP contribution in [0, 0.1) is 0 Å². The zero-order valence-electron chi connectivity index (χ0n) is 14.7. The smallest absolute Gasteiger partial charge is 0.345 e. The first-order valence-corrected chi connectivity index (χ1v) is 9.25. The van der Waals surface area contributed by atoms with Crippen molar-refractivity contribution in [2.24, 2.45) is 0 Å². The predicted molar refractivity (Wildman–Crippen MR) is 99.6 cm³/mol. The molecule has 1 aliphatic rings. The van der Waals surface area contributed by atoms with Gasteiger partial charge < -0.3 is 15.4 Å². The monoisotopic (exact) mass is 393 g/mol. The summed E-state index contributed by atoms with van der Waals surface area (Å²) in [5.74, 6) is -0.476. The summed E-state index contributed by atoms with van der Waals surface area (Å²) in [7, 11) is 0. The normalized spacial score (nSPS) is 17.3. The highest BCUT2D eigenvalue weighted by atomic mass is 35.5. The van der Waals surface area contributed by atoms with Crippen LogP contribution in [0.2, 0.25) is 5.02 Å². The van der Waals surface area contributed by atoms with Gasteiger partial charge in [0, 0.05) is 12.7 Å². The Labute approximate surface area is 160 Å². The number of aliphatic hydroxyl groups is 1. The van der Waals surface area contributed by atoms with Gasteiger partial charge in [0.05, 0.1) is 21.9 Å². The van der Waals surface area contributed by atoms with Crippen LogP contribution < -0.4 is 11.0 Å². The molecule has 3 N–H and O–H groups in total. The number of hydrogen-bond acceptors (Lipinski definition) is 4. The fourth-order valence-corrected chi connectivity index (χ4v) is 3.51. The van der Waals surface area contributed by atoms with Crippen LogP contribution in [-0.2, 0) is 0 Å². The second-order valence-electron chi connectivity index (χ2n) is 6.90. The van der Waals surface area contributed by atoms with E-state index in [0.717, 1.165) is 19.3 Å². The molecule has 1 atom stereocenters. The summed E-state index contributed by atoms with van der Waals surface area (Å²) >= 11 is 6.11. The van der Waals surface area contributed by atoms with Crippen LogP contribution in [0.3, 0.4) is 0 Å². The van der Waals surface area contributed by atoms with Crippen molar-refractivity contribution in [3.05, 3.63) is 62.8 Å². The molecule has 1 aromatic heterocycles. The summed E-state index contributed by atoms with van der Waals surface area (Å²) in [6.45, 7) is 0.128. The van der Waals surface area contributed by atoms with Crippen LogP contribution >= 0.6 is 11.6 Å². The highest BCUT2D eigenvalue weighted by Crippen LogP contribution is 2.29. The Bertz CT molecular complexity index is 880. The average molecular weight is 394 g/mol. The van der Waals surface area contributed by atoms with Crippen molar-refractivity contribution in [2.45, 2.75) is 43.9 Å². The number of nitrogens with zero attached hydrogens (tertiary/aromatic N) is 1. The number of aromatic amines is 1. The summed E-state index contributed by atoms with van der Waals surface area (Å²) in [6, 6.07) is 5.61. The molecule has 0 bridgehead atoms. The third kappa shape index (κ3) is 4.73. The molecule has 3 rings (SSSR count). The number of nitrogens with one attached hydrogen (secondary N) is 2. The number of halogens is 2. The minimum Gasteiger partial charge on any atom is -0.388 e. The molecule has 0 saturated heterocycles. The molecule has 1 aliphatic carbocycles. The molecule has 0 aliphatic heterocycles. The van der Waals surface area contributed by atoms with Gasteiger partial charge >= 0.3 is 5.69 Å². The Balaban J connectivity index is 1.76. The first-order chi connectivity index (χ1) is 12.9. The van der Waals surface area contributed by atoms with Crippen LogP contribution in [0.4, 0.5) is 4.39 Å². The Hall–Kier alpha value is -2.25. The fourth-order valence-electron chi connectivity index (χ4n) is 3.31. The lowest BCUT2D eigenvalue weighted by molar-refractivity contribution is 0.00525. The molecule has 0 radical (unpaired) electrons. The lowest BCUT2D eigenvalue weighted by Crippen LogP contribution is -2.44. The number of carbonyl (C=O) groups excluding carboxylic acids is 1. The quantitative estimate of drug-likeness (QED) is 0.727. The Morgan fingerprint density at radius 2 is 2.07 bits per heavy atom. The molecule has 27 heavy (non-hydrogen) atoms. The summed E-state index contributed by atoms with van der Waals surface area (Å²) < 4.78 is 14.7. The van der Waals surface area contributed by atoms with E-state index in [2.05, 4.69) is 15.3 Å². The molecule has 2 aromatic rings. The summed E-state index contributed by atoms with van der Waals surface area (Å²) in [4.78, 5) is 29.6. The van der Waals surface area contributed by atoms with E-state index in [4.69, 9.17) is 11.6 Å². The Morgan fingerprint density at radius 1 is 1.33 bits per heavy atom. The Morgan fingerprint density at radius 3 is 2.78 bits per heavy atom. The molecular weight excluding hydrogens is 373 g/mol. The molecule has 1 saturated carbocycles. The van der Waals surface area contributed by atoms with Crippen LogP contribution in [-0.4, -0.2) is 33.1 Å². The standard InChI is InChI=1S/C19H21ClFN3O3/c20-14-5-4-12(16(21)15-6-9-22-18(26)24-15)10-13(14)17(25)23-11-19(27)7-2-1-3-8-19/h4-6,9-10,16,27H,1-3,7-8,11H2,(H,23,25)(H,22,24,26). The molecule has 0 spiro atoms. The van der Waals surface area contributed by atoms with E-state index in [0.29, 0.717) is 12.8 Å². The number of H-pyrrole nitrogens is 1. The van der Waals surface area contributed by atoms with Gasteiger partial charge in [-0.1, -0.05) is 36.9 Å². The van der Waals surface area contributed by atoms with Crippen molar-refractivity contribution in [1.29, 1.82) is 0 Å². The first-order valence-electron chi connectivity index (χ1n) is 8.87. The van der Waals surface area contributed by atoms with Gasteiger partial charge in [-0.2, -0.15) is 0 Å². The number of carbonyl (C=O) groups is 1. The SMILES string of the molecule is O=C(NCC1(O)CCCCC1)c1cc(C(F)c2ccnc(=O)[nH]2)ccc1Cl. The molecule has 1 unspecified atom stereocenters. The van der Waals surface area contributed by atoms with Gasteiger partial charge in [0.2, 0.25) is 0 Å². The topological polar surface area (TPSA) is 95.1 Å². The van der Waals surface area contributed by atoms with Gasteiger partial charge in [-0.15, -0.1) is 0 Å². The van der Waals surface area contributed by atoms with Crippen molar-refractivity contribution in [1.82, 2.24) is 15.3 Å². The van der Waals surface area contributed by atoms with Gasteiger partial charge in [0.25, 0.3) is 5.91 Å². The maximum absolute atomic E-state index is 14.7. The van der Waals surface area contributed by atoms with Gasteiger partial charge in [0.1, 0.15) is 0 Å². The lowest BCUT2D eigenvalue weighted by atomic mass is 9.85. The van der Waals surface area contributed by atoms with Crippen molar-refractivity contribution < 1.29 is 14.3 Å². The van der Waals surface area contributed by atoms with Crippen LogP contribution in [0.25, 0.3) is 0 Å².